The number of aliphatic imine (C=N–C) groups is 1. The van der Waals surface area contributed by atoms with Crippen molar-refractivity contribution in [2.45, 2.75) is 77.1 Å². The molecule has 29 nitrogen and oxygen atoms in total. The molecule has 101 heavy (non-hydrogen) atoms. The van der Waals surface area contributed by atoms with Crippen molar-refractivity contribution in [3.63, 3.8) is 0 Å². The number of nitrogens with zero attached hydrogens (tertiary/aromatic N) is 7. The van der Waals surface area contributed by atoms with Gasteiger partial charge in [0.1, 0.15) is 5.69 Å². The number of sulfonamides is 3. The normalized spacial score (nSPS) is 12.8. The predicted octanol–water partition coefficient (Wildman–Crippen LogP) is 11.7. The van der Waals surface area contributed by atoms with Gasteiger partial charge >= 0.3 is 0 Å². The van der Waals surface area contributed by atoms with Gasteiger partial charge in [-0.25, -0.2) is 25.3 Å². The van der Waals surface area contributed by atoms with Crippen molar-refractivity contribution >= 4 is 143 Å². The number of anilines is 6. The fourth-order valence-corrected chi connectivity index (χ4v) is 13.8. The summed E-state index contributed by atoms with van der Waals surface area (Å²) < 4.78 is 89.2. The van der Waals surface area contributed by atoms with E-state index < -0.39 is 30.1 Å². The van der Waals surface area contributed by atoms with Gasteiger partial charge in [-0.2, -0.15) is 25.5 Å². The van der Waals surface area contributed by atoms with E-state index in [1.165, 1.54) is 6.92 Å². The Bertz CT molecular complexity index is 5420. The topological polar surface area (TPSA) is 417 Å². The van der Waals surface area contributed by atoms with Crippen LogP contribution >= 0.6 is 0 Å². The van der Waals surface area contributed by atoms with Crippen LogP contribution in [0.2, 0.25) is 0 Å². The number of aryl methyl sites for hydroxylation is 2. The third-order valence-corrected chi connectivity index (χ3v) is 18.9. The van der Waals surface area contributed by atoms with Crippen LogP contribution in [0.1, 0.15) is 69.5 Å². The Hall–Kier alpha value is -11.6. The fraction of sp³-hybridized carbons (Fsp3) is 0.217. The second-order valence-electron chi connectivity index (χ2n) is 24.4. The molecule has 0 saturated carbocycles. The van der Waals surface area contributed by atoms with Crippen LogP contribution in [0, 0.1) is 25.2 Å². The number of hydrogen-bond donors (Lipinski definition) is 11. The Morgan fingerprint density at radius 1 is 0.515 bits per heavy atom. The maximum atomic E-state index is 12.4. The number of hydrogen-bond acceptors (Lipinski definition) is 18. The third kappa shape index (κ3) is 19.2. The Kier molecular flexibility index (Phi) is 22.8. The first-order valence-corrected chi connectivity index (χ1v) is 36.3. The molecule has 0 spiro atoms. The molecule has 0 unspecified atom stereocenters. The van der Waals surface area contributed by atoms with Gasteiger partial charge in [0.25, 0.3) is 20.0 Å². The van der Waals surface area contributed by atoms with Crippen molar-refractivity contribution in [3.8, 4) is 0 Å². The summed E-state index contributed by atoms with van der Waals surface area (Å²) in [6.07, 6.45) is 13.2. The SMILES string of the molecule is CC(=O)Nc1cccc2[nH]ncc12.CC(C)(C)CC(=O)Nc1cccc2[nH]ncc12.CS(=O)(=O)Nc1cccc2[nH]ncc12.Cc1noc(C)c1S(=O)(=O)Nc1cccc2c1C=NC2.O=C(Nc1cccc2[nH]ncc12)C1CCOCC1.O=S(=O)(Nc1cccc2[nH]ncc12)c1ccccc1. The molecule has 13 aromatic rings. The van der Waals surface area contributed by atoms with Crippen LogP contribution in [0.4, 0.5) is 34.1 Å². The van der Waals surface area contributed by atoms with Crippen LogP contribution in [-0.4, -0.2) is 125 Å². The summed E-state index contributed by atoms with van der Waals surface area (Å²) in [7, 11) is -10.5. The van der Waals surface area contributed by atoms with Crippen molar-refractivity contribution in [1.29, 1.82) is 0 Å². The summed E-state index contributed by atoms with van der Waals surface area (Å²) in [6, 6.07) is 41.4. The highest BCUT2D eigenvalue weighted by atomic mass is 32.2. The van der Waals surface area contributed by atoms with Crippen LogP contribution in [-0.2, 0) is 55.7 Å². The molecule has 1 saturated heterocycles. The molecule has 0 atom stereocenters. The van der Waals surface area contributed by atoms with E-state index in [0.29, 0.717) is 48.9 Å². The van der Waals surface area contributed by atoms with Gasteiger partial charge in [-0.15, -0.1) is 0 Å². The summed E-state index contributed by atoms with van der Waals surface area (Å²) in [6.45, 7) is 12.7. The molecule has 3 amide bonds. The van der Waals surface area contributed by atoms with Crippen molar-refractivity contribution in [2.24, 2.45) is 16.3 Å². The number of carbonyl (C=O) groups excluding carboxylic acids is 3. The highest BCUT2D eigenvalue weighted by molar-refractivity contribution is 7.93. The first-order chi connectivity index (χ1) is 48.3. The molecular weight excluding hydrogens is 1350 g/mol. The largest absolute Gasteiger partial charge is 0.381 e. The van der Waals surface area contributed by atoms with Crippen LogP contribution in [0.25, 0.3) is 54.5 Å². The second-order valence-corrected chi connectivity index (χ2v) is 29.5. The Balaban J connectivity index is 0.000000131. The monoisotopic (exact) mass is 1430 g/mol. The van der Waals surface area contributed by atoms with Gasteiger partial charge in [-0.05, 0) is 117 Å². The summed E-state index contributed by atoms with van der Waals surface area (Å²) >= 11 is 0. The zero-order valence-electron chi connectivity index (χ0n) is 55.9. The number of aromatic nitrogens is 11. The minimum Gasteiger partial charge on any atom is -0.381 e. The Labute approximate surface area is 580 Å². The van der Waals surface area contributed by atoms with Crippen LogP contribution in [0.3, 0.4) is 0 Å². The van der Waals surface area contributed by atoms with Crippen LogP contribution in [0.15, 0.2) is 190 Å². The number of ether oxygens (including phenoxy) is 1. The Morgan fingerprint density at radius 2 is 0.941 bits per heavy atom. The third-order valence-electron chi connectivity index (χ3n) is 15.3. The van der Waals surface area contributed by atoms with E-state index in [4.69, 9.17) is 9.26 Å². The number of benzene rings is 7. The van der Waals surface area contributed by atoms with Crippen molar-refractivity contribution in [3.05, 3.63) is 193 Å². The number of carbonyl (C=O) groups is 3. The van der Waals surface area contributed by atoms with Gasteiger partial charge < -0.3 is 25.2 Å². The second kappa shape index (κ2) is 31.9. The maximum Gasteiger partial charge on any atom is 0.267 e. The van der Waals surface area contributed by atoms with Gasteiger partial charge in [0, 0.05) is 71.2 Å². The van der Waals surface area contributed by atoms with Crippen LogP contribution < -0.4 is 30.1 Å². The molecule has 15 rings (SSSR count). The molecule has 2 aliphatic heterocycles. The lowest BCUT2D eigenvalue weighted by Gasteiger charge is -2.21. The van der Waals surface area contributed by atoms with E-state index >= 15 is 0 Å². The summed E-state index contributed by atoms with van der Waals surface area (Å²) in [4.78, 5) is 39.3. The maximum absolute atomic E-state index is 12.4. The van der Waals surface area contributed by atoms with E-state index in [2.05, 4.69) is 91.3 Å². The average Bonchev–Trinajstić information content (AvgIpc) is 1.73. The van der Waals surface area contributed by atoms with E-state index in [9.17, 15) is 39.6 Å². The van der Waals surface area contributed by atoms with Crippen molar-refractivity contribution in [2.75, 3.05) is 49.6 Å². The molecular formula is C69H74N18O11S3. The predicted molar refractivity (Wildman–Crippen MR) is 390 cm³/mol. The lowest BCUT2D eigenvalue weighted by molar-refractivity contribution is -0.122. The number of nitrogens with one attached hydrogen (secondary N) is 11. The highest BCUT2D eigenvalue weighted by Crippen LogP contribution is 2.31. The van der Waals surface area contributed by atoms with E-state index in [1.54, 1.807) is 118 Å². The molecule has 2 aliphatic rings. The smallest absolute Gasteiger partial charge is 0.267 e. The lowest BCUT2D eigenvalue weighted by Crippen LogP contribution is -2.28. The molecule has 11 N–H and O–H groups in total. The molecule has 32 heteroatoms. The van der Waals surface area contributed by atoms with E-state index in [1.807, 2.05) is 93.6 Å². The average molecular weight is 1430 g/mol. The van der Waals surface area contributed by atoms with E-state index in [0.717, 1.165) is 102 Å². The standard InChI is InChI=1S/C13H13N3O3S.C13H11N3O2S.C13H15N3O2.C13H17N3O.C9H9N3O.C8H9N3O2S/c1-8-13(9(2)19-15-8)20(17,18)16-12-5-3-4-10-6-14-7-11(10)12;17-19(18,10-5-2-1-3-6-10)16-13-8-4-7-12-11(13)9-14-15-12;17-13(9-4-6-18-7-5-9)15-11-2-1-3-12-10(11)8-14-16-12;1-13(2,3)7-12(17)15-10-5-4-6-11-9(10)8-14-16-11;1-6(13)11-8-3-2-4-9-7(8)5-10-12-9;1-14(12,13)11-8-4-2-3-7-6(8)5-9-10-7/h3-5,7,16H,6H2,1-2H3;1-9,16H,(H,14,15);1-3,8-9H,4-7H2,(H,14,16)(H,15,17);4-6,8H,7H2,1-3H3,(H,14,16)(H,15,17);2-5H,1H3,(H,10,12)(H,11,13);2-5,11H,1H3,(H,9,10). The first kappa shape index (κ1) is 72.1. The lowest BCUT2D eigenvalue weighted by atomic mass is 9.92. The molecule has 0 bridgehead atoms. The quantitative estimate of drug-likeness (QED) is 0.0511. The molecule has 1 fully saturated rings. The Morgan fingerprint density at radius 3 is 1.40 bits per heavy atom. The molecule has 8 heterocycles. The number of aromatic amines is 5. The minimum atomic E-state index is -3.72. The number of amides is 3. The fourth-order valence-electron chi connectivity index (χ4n) is 10.7. The van der Waals surface area contributed by atoms with Gasteiger partial charge in [-0.1, -0.05) is 86.6 Å². The van der Waals surface area contributed by atoms with Crippen LogP contribution in [0.5, 0.6) is 0 Å². The summed E-state index contributed by atoms with van der Waals surface area (Å²) in [5.74, 6) is 0.365. The minimum absolute atomic E-state index is 0.00558. The van der Waals surface area contributed by atoms with Crippen molar-refractivity contribution in [1.82, 2.24) is 56.1 Å². The molecule has 6 aromatic heterocycles. The van der Waals surface area contributed by atoms with E-state index in [-0.39, 0.29) is 44.6 Å². The number of fused-ring (bicyclic) bond motifs is 6. The zero-order chi connectivity index (χ0) is 71.9. The molecule has 524 valence electrons. The zero-order valence-corrected chi connectivity index (χ0v) is 58.4. The highest BCUT2D eigenvalue weighted by Gasteiger charge is 2.27. The summed E-state index contributed by atoms with van der Waals surface area (Å²) in [5.41, 5.74) is 10.5. The molecule has 0 radical (unpaired) electrons. The first-order valence-electron chi connectivity index (χ1n) is 31.5. The van der Waals surface area contributed by atoms with Gasteiger partial charge in [-0.3, -0.25) is 59.0 Å². The van der Waals surface area contributed by atoms with Gasteiger partial charge in [0.15, 0.2) is 10.7 Å². The van der Waals surface area contributed by atoms with Crippen molar-refractivity contribution < 1.29 is 48.9 Å². The molecule has 0 aliphatic carbocycles. The molecule has 7 aromatic carbocycles. The van der Waals surface area contributed by atoms with Gasteiger partial charge in [0.2, 0.25) is 27.7 Å². The van der Waals surface area contributed by atoms with Gasteiger partial charge in [0.05, 0.1) is 110 Å². The number of rotatable bonds is 13. The summed E-state index contributed by atoms with van der Waals surface area (Å²) in [5, 5.41) is 50.4. The number of H-pyrrole nitrogens is 5.